The first kappa shape index (κ1) is 17.0. The van der Waals surface area contributed by atoms with Gasteiger partial charge in [0.25, 0.3) is 0 Å². The first-order valence-electron chi connectivity index (χ1n) is 7.70. The lowest BCUT2D eigenvalue weighted by Crippen LogP contribution is -2.48. The largest absolute Gasteiger partial charge is 0.481 e. The second-order valence-corrected chi connectivity index (χ2v) is 5.56. The van der Waals surface area contributed by atoms with Crippen molar-refractivity contribution < 1.29 is 19.8 Å². The van der Waals surface area contributed by atoms with E-state index in [1.165, 1.54) is 0 Å². The van der Waals surface area contributed by atoms with Crippen molar-refractivity contribution in [3.63, 3.8) is 0 Å². The van der Waals surface area contributed by atoms with E-state index in [-0.39, 0.29) is 18.6 Å². The molecule has 0 aromatic carbocycles. The van der Waals surface area contributed by atoms with Crippen molar-refractivity contribution in [1.82, 2.24) is 4.90 Å². The van der Waals surface area contributed by atoms with Gasteiger partial charge in [-0.2, -0.15) is 0 Å². The van der Waals surface area contributed by atoms with E-state index in [9.17, 15) is 19.8 Å². The molecule has 5 heteroatoms. The fourth-order valence-corrected chi connectivity index (χ4v) is 3.24. The normalized spacial score (nSPS) is 22.8. The van der Waals surface area contributed by atoms with E-state index in [2.05, 4.69) is 0 Å². The second-order valence-electron chi connectivity index (χ2n) is 5.56. The van der Waals surface area contributed by atoms with Crippen molar-refractivity contribution in [2.45, 2.75) is 58.4 Å². The predicted molar refractivity (Wildman–Crippen MR) is 76.3 cm³/mol. The van der Waals surface area contributed by atoms with Crippen LogP contribution in [-0.4, -0.2) is 46.2 Å². The molecule has 1 aliphatic rings. The summed E-state index contributed by atoms with van der Waals surface area (Å²) in [4.78, 5) is 25.8. The summed E-state index contributed by atoms with van der Waals surface area (Å²) in [7, 11) is 0. The molecule has 5 nitrogen and oxygen atoms in total. The van der Waals surface area contributed by atoms with Gasteiger partial charge in [-0.25, -0.2) is 0 Å². The Morgan fingerprint density at radius 2 is 1.70 bits per heavy atom. The van der Waals surface area contributed by atoms with Gasteiger partial charge in [0.15, 0.2) is 0 Å². The Bertz CT molecular complexity index is 328. The summed E-state index contributed by atoms with van der Waals surface area (Å²) in [5.41, 5.74) is 0. The van der Waals surface area contributed by atoms with Gasteiger partial charge in [0.1, 0.15) is 0 Å². The number of nitrogens with zero attached hydrogens (tertiary/aromatic N) is 1. The lowest BCUT2D eigenvalue weighted by molar-refractivity contribution is -0.153. The first-order valence-corrected chi connectivity index (χ1v) is 7.70. The van der Waals surface area contributed by atoms with Crippen LogP contribution in [0, 0.1) is 11.8 Å². The van der Waals surface area contributed by atoms with Crippen molar-refractivity contribution in [3.8, 4) is 0 Å². The van der Waals surface area contributed by atoms with E-state index in [0.29, 0.717) is 19.4 Å². The summed E-state index contributed by atoms with van der Waals surface area (Å²) in [6, 6.07) is 0.0889. The molecule has 116 valence electrons. The van der Waals surface area contributed by atoms with Crippen LogP contribution >= 0.6 is 0 Å². The fourth-order valence-electron chi connectivity index (χ4n) is 3.24. The Kier molecular flexibility index (Phi) is 6.99. The number of amides is 1. The van der Waals surface area contributed by atoms with E-state index < -0.39 is 17.8 Å². The maximum absolute atomic E-state index is 12.7. The number of carbonyl (C=O) groups is 2. The van der Waals surface area contributed by atoms with E-state index in [1.807, 2.05) is 13.8 Å². The zero-order chi connectivity index (χ0) is 15.1. The minimum atomic E-state index is -0.864. The van der Waals surface area contributed by atoms with Crippen LogP contribution in [0.25, 0.3) is 0 Å². The second kappa shape index (κ2) is 8.25. The van der Waals surface area contributed by atoms with Gasteiger partial charge in [0, 0.05) is 12.6 Å². The smallest absolute Gasteiger partial charge is 0.307 e. The predicted octanol–water partition coefficient (Wildman–Crippen LogP) is 1.89. The molecule has 1 rings (SSSR count). The minimum Gasteiger partial charge on any atom is -0.481 e. The molecular weight excluding hydrogens is 258 g/mol. The number of carboxylic acids is 1. The Hall–Kier alpha value is -1.10. The van der Waals surface area contributed by atoms with Gasteiger partial charge in [-0.1, -0.05) is 26.7 Å². The topological polar surface area (TPSA) is 77.8 Å². The maximum Gasteiger partial charge on any atom is 0.307 e. The Labute approximate surface area is 121 Å². The summed E-state index contributed by atoms with van der Waals surface area (Å²) < 4.78 is 0. The number of carbonyl (C=O) groups excluding carboxylic acids is 1. The zero-order valence-electron chi connectivity index (χ0n) is 12.5. The maximum atomic E-state index is 12.7. The van der Waals surface area contributed by atoms with Crippen molar-refractivity contribution >= 4 is 11.9 Å². The van der Waals surface area contributed by atoms with Gasteiger partial charge in [-0.15, -0.1) is 0 Å². The average molecular weight is 285 g/mol. The third kappa shape index (κ3) is 3.95. The Morgan fingerprint density at radius 1 is 1.15 bits per heavy atom. The van der Waals surface area contributed by atoms with Crippen molar-refractivity contribution in [3.05, 3.63) is 0 Å². The number of hydrogen-bond donors (Lipinski definition) is 2. The van der Waals surface area contributed by atoms with E-state index in [0.717, 1.165) is 25.7 Å². The summed E-state index contributed by atoms with van der Waals surface area (Å²) in [6.45, 7) is 4.25. The highest BCUT2D eigenvalue weighted by molar-refractivity contribution is 5.85. The summed E-state index contributed by atoms with van der Waals surface area (Å²) in [5, 5.41) is 18.5. The SMILES string of the molecule is CCC(CC)N(CCO)C(=O)[C@@H]1CCCC[C@@H]1C(=O)O. The number of aliphatic hydroxyl groups is 1. The molecule has 0 saturated heterocycles. The molecule has 0 bridgehead atoms. The van der Waals surface area contributed by atoms with E-state index in [4.69, 9.17) is 0 Å². The van der Waals surface area contributed by atoms with Crippen LogP contribution in [0.5, 0.6) is 0 Å². The third-order valence-electron chi connectivity index (χ3n) is 4.41. The number of carboxylic acid groups (broad SMARTS) is 1. The molecule has 0 unspecified atom stereocenters. The molecule has 2 N–H and O–H groups in total. The molecule has 1 aliphatic carbocycles. The molecule has 20 heavy (non-hydrogen) atoms. The van der Waals surface area contributed by atoms with Crippen molar-refractivity contribution in [2.75, 3.05) is 13.2 Å². The molecule has 0 spiro atoms. The molecule has 0 aromatic heterocycles. The molecular formula is C15H27NO4. The highest BCUT2D eigenvalue weighted by atomic mass is 16.4. The van der Waals surface area contributed by atoms with Crippen LogP contribution in [0.15, 0.2) is 0 Å². The summed E-state index contributed by atoms with van der Waals surface area (Å²) in [5.74, 6) is -1.93. The number of aliphatic hydroxyl groups excluding tert-OH is 1. The highest BCUT2D eigenvalue weighted by Gasteiger charge is 2.38. The van der Waals surface area contributed by atoms with Crippen LogP contribution in [0.2, 0.25) is 0 Å². The molecule has 2 atom stereocenters. The van der Waals surface area contributed by atoms with E-state index in [1.54, 1.807) is 4.90 Å². The van der Waals surface area contributed by atoms with Gasteiger partial charge in [-0.05, 0) is 25.7 Å². The fraction of sp³-hybridized carbons (Fsp3) is 0.867. The van der Waals surface area contributed by atoms with Gasteiger partial charge < -0.3 is 15.1 Å². The van der Waals surface area contributed by atoms with Gasteiger partial charge in [0.2, 0.25) is 5.91 Å². The standard InChI is InChI=1S/C15H27NO4/c1-3-11(4-2)16(9-10-17)14(18)12-7-5-6-8-13(12)15(19)20/h11-13,17H,3-10H2,1-2H3,(H,19,20)/t12-,13+/m1/s1. The lowest BCUT2D eigenvalue weighted by atomic mass is 9.78. The van der Waals surface area contributed by atoms with Gasteiger partial charge in [0.05, 0.1) is 18.4 Å². The average Bonchev–Trinajstić information content (AvgIpc) is 2.46. The molecule has 0 aromatic rings. The molecule has 0 aliphatic heterocycles. The summed E-state index contributed by atoms with van der Waals surface area (Å²) >= 11 is 0. The number of aliphatic carboxylic acids is 1. The zero-order valence-corrected chi connectivity index (χ0v) is 12.5. The lowest BCUT2D eigenvalue weighted by Gasteiger charge is -2.36. The van der Waals surface area contributed by atoms with Crippen LogP contribution in [0.1, 0.15) is 52.4 Å². The highest BCUT2D eigenvalue weighted by Crippen LogP contribution is 2.32. The Morgan fingerprint density at radius 3 is 2.15 bits per heavy atom. The van der Waals surface area contributed by atoms with Crippen molar-refractivity contribution in [1.29, 1.82) is 0 Å². The van der Waals surface area contributed by atoms with Crippen LogP contribution in [0.3, 0.4) is 0 Å². The summed E-state index contributed by atoms with van der Waals surface area (Å²) in [6.07, 6.45) is 4.68. The molecule has 1 saturated carbocycles. The third-order valence-corrected chi connectivity index (χ3v) is 4.41. The quantitative estimate of drug-likeness (QED) is 0.748. The van der Waals surface area contributed by atoms with Crippen LogP contribution in [-0.2, 0) is 9.59 Å². The molecule has 0 heterocycles. The van der Waals surface area contributed by atoms with Crippen LogP contribution < -0.4 is 0 Å². The molecule has 1 amide bonds. The minimum absolute atomic E-state index is 0.0767. The van der Waals surface area contributed by atoms with Gasteiger partial charge >= 0.3 is 5.97 Å². The van der Waals surface area contributed by atoms with E-state index >= 15 is 0 Å². The Balaban J connectivity index is 2.88. The first-order chi connectivity index (χ1) is 9.56. The monoisotopic (exact) mass is 285 g/mol. The van der Waals surface area contributed by atoms with Crippen molar-refractivity contribution in [2.24, 2.45) is 11.8 Å². The van der Waals surface area contributed by atoms with Crippen LogP contribution in [0.4, 0.5) is 0 Å². The number of hydrogen-bond acceptors (Lipinski definition) is 3. The molecule has 0 radical (unpaired) electrons. The number of rotatable bonds is 7. The molecule has 1 fully saturated rings. The van der Waals surface area contributed by atoms with Gasteiger partial charge in [-0.3, -0.25) is 9.59 Å².